The van der Waals surface area contributed by atoms with E-state index in [4.69, 9.17) is 5.73 Å². The Labute approximate surface area is 115 Å². The lowest BCUT2D eigenvalue weighted by atomic mass is 9.79. The fourth-order valence-corrected chi connectivity index (χ4v) is 3.38. The minimum absolute atomic E-state index is 0.117. The lowest BCUT2D eigenvalue weighted by Crippen LogP contribution is -2.27. The molecule has 2 aliphatic rings. The Hall–Kier alpha value is -1.15. The van der Waals surface area contributed by atoms with Gasteiger partial charge in [-0.05, 0) is 55.1 Å². The fraction of sp³-hybridized carbons (Fsp3) is 0.588. The van der Waals surface area contributed by atoms with E-state index in [-0.39, 0.29) is 6.04 Å². The Morgan fingerprint density at radius 2 is 2.05 bits per heavy atom. The molecule has 2 aliphatic carbocycles. The third kappa shape index (κ3) is 3.06. The van der Waals surface area contributed by atoms with E-state index in [0.29, 0.717) is 30.5 Å². The van der Waals surface area contributed by atoms with Gasteiger partial charge in [-0.3, -0.25) is 4.79 Å². The molecule has 2 atom stereocenters. The van der Waals surface area contributed by atoms with E-state index < -0.39 is 0 Å². The quantitative estimate of drug-likeness (QED) is 0.880. The lowest BCUT2D eigenvalue weighted by Gasteiger charge is -2.25. The maximum Gasteiger partial charge on any atom is 0.135 e. The molecule has 1 aromatic rings. The van der Waals surface area contributed by atoms with E-state index in [1.807, 2.05) is 0 Å². The van der Waals surface area contributed by atoms with Crippen LogP contribution in [0.1, 0.15) is 55.6 Å². The molecule has 2 nitrogen and oxygen atoms in total. The second kappa shape index (κ2) is 5.46. The summed E-state index contributed by atoms with van der Waals surface area (Å²) in [6.07, 6.45) is 7.26. The number of hydrogen-bond donors (Lipinski definition) is 1. The molecule has 3 rings (SSSR count). The summed E-state index contributed by atoms with van der Waals surface area (Å²) in [7, 11) is 0. The van der Waals surface area contributed by atoms with Crippen LogP contribution < -0.4 is 5.73 Å². The first-order valence-corrected chi connectivity index (χ1v) is 7.59. The molecule has 19 heavy (non-hydrogen) atoms. The lowest BCUT2D eigenvalue weighted by molar-refractivity contribution is -0.119. The molecule has 0 spiro atoms. The van der Waals surface area contributed by atoms with Crippen molar-refractivity contribution >= 4 is 5.78 Å². The summed E-state index contributed by atoms with van der Waals surface area (Å²) in [5.74, 6) is 1.42. The predicted octanol–water partition coefficient (Wildman–Crippen LogP) is 3.19. The first-order chi connectivity index (χ1) is 9.24. The van der Waals surface area contributed by atoms with Gasteiger partial charge in [0.1, 0.15) is 5.78 Å². The van der Waals surface area contributed by atoms with Crippen LogP contribution >= 0.6 is 0 Å². The normalized spacial score (nSPS) is 23.7. The van der Waals surface area contributed by atoms with Crippen molar-refractivity contribution in [3.05, 3.63) is 35.4 Å². The van der Waals surface area contributed by atoms with Gasteiger partial charge in [-0.1, -0.05) is 24.3 Å². The monoisotopic (exact) mass is 257 g/mol. The van der Waals surface area contributed by atoms with Crippen LogP contribution in [0.2, 0.25) is 0 Å². The third-order valence-corrected chi connectivity index (χ3v) is 4.66. The zero-order valence-corrected chi connectivity index (χ0v) is 11.5. The van der Waals surface area contributed by atoms with E-state index in [9.17, 15) is 4.79 Å². The molecule has 1 saturated carbocycles. The van der Waals surface area contributed by atoms with Crippen LogP contribution in [0.5, 0.6) is 0 Å². The number of nitrogens with two attached hydrogens (primary N) is 1. The first-order valence-electron chi connectivity index (χ1n) is 7.59. The number of aryl methyl sites for hydroxylation is 1. The highest BCUT2D eigenvalue weighted by Gasteiger charge is 2.30. The number of ketones is 1. The third-order valence-electron chi connectivity index (χ3n) is 4.66. The highest BCUT2D eigenvalue weighted by molar-refractivity contribution is 5.80. The topological polar surface area (TPSA) is 43.1 Å². The Kier molecular flexibility index (Phi) is 3.69. The van der Waals surface area contributed by atoms with Gasteiger partial charge in [0.05, 0.1) is 0 Å². The number of hydrogen-bond acceptors (Lipinski definition) is 2. The molecule has 102 valence electrons. The number of carbonyl (C=O) groups excluding carboxylic acids is 1. The van der Waals surface area contributed by atoms with Crippen LogP contribution in [0.4, 0.5) is 0 Å². The van der Waals surface area contributed by atoms with Gasteiger partial charge in [0, 0.05) is 18.9 Å². The van der Waals surface area contributed by atoms with Crippen LogP contribution in [0.15, 0.2) is 24.3 Å². The number of Topliss-reactive ketones (excluding diaryl/α,β-unsaturated/α-hetero) is 1. The molecule has 2 unspecified atom stereocenters. The molecule has 1 fully saturated rings. The number of fused-ring (bicyclic) bond motifs is 1. The maximum absolute atomic E-state index is 12.2. The SMILES string of the molecule is NC(CC(=O)CC1CCCc2ccccc21)C1CC1. The number of carbonyl (C=O) groups is 1. The van der Waals surface area contributed by atoms with Crippen molar-refractivity contribution in [3.8, 4) is 0 Å². The van der Waals surface area contributed by atoms with E-state index in [1.54, 1.807) is 0 Å². The summed E-state index contributed by atoms with van der Waals surface area (Å²) < 4.78 is 0. The van der Waals surface area contributed by atoms with E-state index in [2.05, 4.69) is 24.3 Å². The molecular formula is C17H23NO. The van der Waals surface area contributed by atoms with Crippen molar-refractivity contribution in [1.29, 1.82) is 0 Å². The summed E-state index contributed by atoms with van der Waals surface area (Å²) in [6.45, 7) is 0. The van der Waals surface area contributed by atoms with Crippen LogP contribution in [-0.4, -0.2) is 11.8 Å². The van der Waals surface area contributed by atoms with Crippen LogP contribution in [0, 0.1) is 5.92 Å². The van der Waals surface area contributed by atoms with Crippen molar-refractivity contribution in [2.75, 3.05) is 0 Å². The van der Waals surface area contributed by atoms with Crippen LogP contribution in [0.25, 0.3) is 0 Å². The molecule has 2 heteroatoms. The molecule has 0 aliphatic heterocycles. The molecule has 0 heterocycles. The molecule has 0 radical (unpaired) electrons. The molecule has 0 aromatic heterocycles. The smallest absolute Gasteiger partial charge is 0.135 e. The van der Waals surface area contributed by atoms with Gasteiger partial charge < -0.3 is 5.73 Å². The molecule has 0 amide bonds. The highest BCUT2D eigenvalue weighted by atomic mass is 16.1. The Morgan fingerprint density at radius 1 is 1.26 bits per heavy atom. The Bertz CT molecular complexity index is 464. The van der Waals surface area contributed by atoms with Crippen molar-refractivity contribution in [3.63, 3.8) is 0 Å². The second-order valence-corrected chi connectivity index (χ2v) is 6.24. The predicted molar refractivity (Wildman–Crippen MR) is 77.1 cm³/mol. The van der Waals surface area contributed by atoms with Gasteiger partial charge in [-0.2, -0.15) is 0 Å². The summed E-state index contributed by atoms with van der Waals surface area (Å²) in [5.41, 5.74) is 8.91. The van der Waals surface area contributed by atoms with Crippen LogP contribution in [0.3, 0.4) is 0 Å². The fourth-order valence-electron chi connectivity index (χ4n) is 3.38. The number of benzene rings is 1. The largest absolute Gasteiger partial charge is 0.327 e. The first kappa shape index (κ1) is 12.9. The van der Waals surface area contributed by atoms with Crippen molar-refractivity contribution in [2.45, 2.75) is 56.9 Å². The van der Waals surface area contributed by atoms with E-state index in [1.165, 1.54) is 36.8 Å². The van der Waals surface area contributed by atoms with Gasteiger partial charge in [0.25, 0.3) is 0 Å². The summed E-state index contributed by atoms with van der Waals surface area (Å²) in [6, 6.07) is 8.73. The average molecular weight is 257 g/mol. The zero-order chi connectivity index (χ0) is 13.2. The maximum atomic E-state index is 12.2. The molecule has 0 saturated heterocycles. The summed E-state index contributed by atoms with van der Waals surface area (Å²) >= 11 is 0. The van der Waals surface area contributed by atoms with Crippen LogP contribution in [-0.2, 0) is 11.2 Å². The van der Waals surface area contributed by atoms with Crippen molar-refractivity contribution < 1.29 is 4.79 Å². The van der Waals surface area contributed by atoms with Gasteiger partial charge in [0.2, 0.25) is 0 Å². The van der Waals surface area contributed by atoms with Gasteiger partial charge in [-0.25, -0.2) is 0 Å². The summed E-state index contributed by atoms with van der Waals surface area (Å²) in [5, 5.41) is 0. The standard InChI is InChI=1S/C17H23NO/c18-17(13-8-9-13)11-15(19)10-14-6-3-5-12-4-1-2-7-16(12)14/h1-2,4,7,13-14,17H,3,5-6,8-11,18H2. The molecule has 1 aromatic carbocycles. The zero-order valence-electron chi connectivity index (χ0n) is 11.5. The second-order valence-electron chi connectivity index (χ2n) is 6.24. The van der Waals surface area contributed by atoms with Gasteiger partial charge in [-0.15, -0.1) is 0 Å². The number of rotatable bonds is 5. The minimum Gasteiger partial charge on any atom is -0.327 e. The van der Waals surface area contributed by atoms with E-state index >= 15 is 0 Å². The van der Waals surface area contributed by atoms with Gasteiger partial charge >= 0.3 is 0 Å². The summed E-state index contributed by atoms with van der Waals surface area (Å²) in [4.78, 5) is 12.2. The van der Waals surface area contributed by atoms with Crippen molar-refractivity contribution in [2.24, 2.45) is 11.7 Å². The van der Waals surface area contributed by atoms with E-state index in [0.717, 1.165) is 6.42 Å². The Balaban J connectivity index is 1.62. The molecular weight excluding hydrogens is 234 g/mol. The van der Waals surface area contributed by atoms with Crippen molar-refractivity contribution in [1.82, 2.24) is 0 Å². The average Bonchev–Trinajstić information content (AvgIpc) is 3.23. The highest BCUT2D eigenvalue weighted by Crippen LogP contribution is 2.36. The molecule has 0 bridgehead atoms. The minimum atomic E-state index is 0.117. The molecule has 2 N–H and O–H groups in total. The van der Waals surface area contributed by atoms with Gasteiger partial charge in [0.15, 0.2) is 0 Å². The Morgan fingerprint density at radius 3 is 2.84 bits per heavy atom.